The molecule has 2 aliphatic rings. The Labute approximate surface area is 233 Å². The summed E-state index contributed by atoms with van der Waals surface area (Å²) in [5, 5.41) is 9.41. The topological polar surface area (TPSA) is 109 Å². The van der Waals surface area contributed by atoms with E-state index in [4.69, 9.17) is 21.4 Å². The molecule has 204 valence electrons. The van der Waals surface area contributed by atoms with Crippen LogP contribution >= 0.6 is 24.6 Å². The molecule has 1 saturated heterocycles. The van der Waals surface area contributed by atoms with Crippen LogP contribution in [0.5, 0.6) is 5.75 Å². The minimum Gasteiger partial charge on any atom is -0.487 e. The van der Waals surface area contributed by atoms with Crippen LogP contribution in [0.4, 0.5) is 15.8 Å². The van der Waals surface area contributed by atoms with Gasteiger partial charge in [0.1, 0.15) is 17.9 Å². The number of aromatic amines is 1. The predicted molar refractivity (Wildman–Crippen MR) is 150 cm³/mol. The van der Waals surface area contributed by atoms with E-state index in [1.54, 1.807) is 30.5 Å². The van der Waals surface area contributed by atoms with Crippen LogP contribution in [0.1, 0.15) is 23.3 Å². The first kappa shape index (κ1) is 26.9. The highest BCUT2D eigenvalue weighted by molar-refractivity contribution is 7.71. The van der Waals surface area contributed by atoms with E-state index in [0.717, 1.165) is 13.1 Å². The number of halogens is 2. The molecule has 2 aromatic heterocycles. The van der Waals surface area contributed by atoms with Crippen molar-refractivity contribution in [2.75, 3.05) is 50.1 Å². The average Bonchev–Trinajstić information content (AvgIpc) is 3.34. The smallest absolute Gasteiger partial charge is 0.284 e. The number of ether oxygens (including phenoxy) is 1. The van der Waals surface area contributed by atoms with Crippen LogP contribution in [0.25, 0.3) is 22.4 Å². The highest BCUT2D eigenvalue weighted by atomic mass is 35.5. The summed E-state index contributed by atoms with van der Waals surface area (Å²) in [6.07, 6.45) is 1.55. The molecule has 1 atom stereocenters. The molecule has 0 aliphatic carbocycles. The van der Waals surface area contributed by atoms with Gasteiger partial charge >= 0.3 is 0 Å². The average molecular weight is 573 g/mol. The largest absolute Gasteiger partial charge is 0.487 e. The molecule has 10 nitrogen and oxygen atoms in total. The second-order valence-electron chi connectivity index (χ2n) is 9.61. The Morgan fingerprint density at radius 2 is 1.92 bits per heavy atom. The summed E-state index contributed by atoms with van der Waals surface area (Å²) in [4.78, 5) is 31.0. The Balaban J connectivity index is 0.00000308. The SMILES string of the molecule is CC1COc2c(N3CCN(C)CC3)c(F)cc3c(=O)c(C(=O)Nc4ccc(-c5n[nH]c(=S)o5)cc4)cn1c23.Cl. The number of H-pyrrole nitrogens is 1. The summed E-state index contributed by atoms with van der Waals surface area (Å²) >= 11 is 4.90. The lowest BCUT2D eigenvalue weighted by atomic mass is 10.0. The third kappa shape index (κ3) is 4.79. The van der Waals surface area contributed by atoms with E-state index in [1.807, 2.05) is 23.4 Å². The van der Waals surface area contributed by atoms with E-state index in [1.165, 1.54) is 6.07 Å². The van der Waals surface area contributed by atoms with Crippen LogP contribution < -0.4 is 20.4 Å². The molecule has 13 heteroatoms. The molecule has 39 heavy (non-hydrogen) atoms. The number of hydrogen-bond donors (Lipinski definition) is 2. The number of carbonyl (C=O) groups is 1. The minimum atomic E-state index is -0.588. The van der Waals surface area contributed by atoms with Crippen molar-refractivity contribution in [2.24, 2.45) is 0 Å². The highest BCUT2D eigenvalue weighted by Gasteiger charge is 2.31. The molecule has 1 unspecified atom stereocenters. The molecule has 0 saturated carbocycles. The van der Waals surface area contributed by atoms with Gasteiger partial charge in [0.05, 0.1) is 16.9 Å². The van der Waals surface area contributed by atoms with Crippen LogP contribution in [0.2, 0.25) is 0 Å². The zero-order chi connectivity index (χ0) is 26.6. The quantitative estimate of drug-likeness (QED) is 0.350. The minimum absolute atomic E-state index is 0. The molecular weight excluding hydrogens is 547 g/mol. The van der Waals surface area contributed by atoms with Crippen molar-refractivity contribution in [3.8, 4) is 17.2 Å². The van der Waals surface area contributed by atoms with Crippen molar-refractivity contribution in [1.82, 2.24) is 19.7 Å². The summed E-state index contributed by atoms with van der Waals surface area (Å²) < 4.78 is 28.7. The van der Waals surface area contributed by atoms with E-state index >= 15 is 4.39 Å². The van der Waals surface area contributed by atoms with Gasteiger partial charge < -0.3 is 28.8 Å². The standard InChI is InChI=1S/C26H25FN6O4S.ClH/c1-14-13-36-23-20-17(11-19(27)21(23)32-9-7-31(2)8-10-32)22(34)18(12-33(14)20)24(35)28-16-5-3-15(4-6-16)25-29-30-26(38)37-25;/h3-6,11-12,14H,7-10,13H2,1-2H3,(H,28,35)(H,30,38);1H. The van der Waals surface area contributed by atoms with Gasteiger partial charge in [-0.1, -0.05) is 0 Å². The molecule has 2 aliphatic heterocycles. The van der Waals surface area contributed by atoms with Crippen LogP contribution in [0, 0.1) is 10.7 Å². The van der Waals surface area contributed by atoms with Crippen molar-refractivity contribution in [1.29, 1.82) is 0 Å². The molecule has 0 bridgehead atoms. The van der Waals surface area contributed by atoms with Gasteiger partial charge in [-0.05, 0) is 56.5 Å². The maximum Gasteiger partial charge on any atom is 0.284 e. The maximum absolute atomic E-state index is 15.5. The first-order valence-corrected chi connectivity index (χ1v) is 12.7. The van der Waals surface area contributed by atoms with Gasteiger partial charge in [0.25, 0.3) is 10.7 Å². The van der Waals surface area contributed by atoms with Crippen molar-refractivity contribution in [3.63, 3.8) is 0 Å². The molecule has 1 amide bonds. The van der Waals surface area contributed by atoms with E-state index in [0.29, 0.717) is 53.8 Å². The van der Waals surface area contributed by atoms with Crippen LogP contribution in [-0.2, 0) is 0 Å². The number of aromatic nitrogens is 3. The maximum atomic E-state index is 15.5. The zero-order valence-corrected chi connectivity index (χ0v) is 22.8. The Morgan fingerprint density at radius 1 is 1.21 bits per heavy atom. The molecular formula is C26H26ClFN6O4S. The summed E-state index contributed by atoms with van der Waals surface area (Å²) in [5.41, 5.74) is 1.38. The van der Waals surface area contributed by atoms with Gasteiger partial charge in [-0.25, -0.2) is 9.49 Å². The molecule has 1 fully saturated rings. The fraction of sp³-hybridized carbons (Fsp3) is 0.308. The van der Waals surface area contributed by atoms with Gasteiger partial charge in [0, 0.05) is 43.6 Å². The third-order valence-corrected chi connectivity index (χ3v) is 7.21. The summed E-state index contributed by atoms with van der Waals surface area (Å²) in [6, 6.07) is 7.83. The number of amides is 1. The summed E-state index contributed by atoms with van der Waals surface area (Å²) in [7, 11) is 2.03. The number of hydrogen-bond acceptors (Lipinski definition) is 8. The number of rotatable bonds is 4. The van der Waals surface area contributed by atoms with E-state index in [-0.39, 0.29) is 34.2 Å². The Kier molecular flexibility index (Phi) is 7.19. The van der Waals surface area contributed by atoms with Gasteiger partial charge in [0.2, 0.25) is 11.3 Å². The van der Waals surface area contributed by atoms with Gasteiger partial charge in [-0.15, -0.1) is 17.5 Å². The molecule has 0 spiro atoms. The van der Waals surface area contributed by atoms with Gasteiger partial charge in [0.15, 0.2) is 11.6 Å². The van der Waals surface area contributed by atoms with E-state index in [2.05, 4.69) is 20.4 Å². The first-order chi connectivity index (χ1) is 18.3. The number of carbonyl (C=O) groups excluding carboxylic acids is 1. The number of piperazine rings is 1. The molecule has 6 rings (SSSR count). The highest BCUT2D eigenvalue weighted by Crippen LogP contribution is 2.42. The van der Waals surface area contributed by atoms with Crippen LogP contribution in [0.15, 0.2) is 45.7 Å². The lowest BCUT2D eigenvalue weighted by Gasteiger charge is -2.37. The number of benzene rings is 2. The lowest BCUT2D eigenvalue weighted by Crippen LogP contribution is -2.45. The van der Waals surface area contributed by atoms with Crippen molar-refractivity contribution >= 4 is 52.8 Å². The zero-order valence-electron chi connectivity index (χ0n) is 21.2. The number of likely N-dealkylation sites (N-methyl/N-ethyl adjacent to an activating group) is 1. The fourth-order valence-corrected chi connectivity index (χ4v) is 5.07. The van der Waals surface area contributed by atoms with Crippen molar-refractivity contribution < 1.29 is 18.3 Å². The normalized spacial score (nSPS) is 17.0. The fourth-order valence-electron chi connectivity index (χ4n) is 4.95. The van der Waals surface area contributed by atoms with E-state index < -0.39 is 17.2 Å². The molecule has 0 radical (unpaired) electrons. The first-order valence-electron chi connectivity index (χ1n) is 12.2. The Bertz CT molecular complexity index is 1680. The van der Waals surface area contributed by atoms with Gasteiger partial charge in [-0.2, -0.15) is 0 Å². The summed E-state index contributed by atoms with van der Waals surface area (Å²) in [6.45, 7) is 5.12. The number of nitrogens with zero attached hydrogens (tertiary/aromatic N) is 4. The molecule has 4 aromatic rings. The molecule has 2 aromatic carbocycles. The number of nitrogens with one attached hydrogen (secondary N) is 2. The second-order valence-corrected chi connectivity index (χ2v) is 9.98. The summed E-state index contributed by atoms with van der Waals surface area (Å²) in [5.74, 6) is -0.443. The molecule has 4 heterocycles. The second kappa shape index (κ2) is 10.4. The third-order valence-electron chi connectivity index (χ3n) is 7.03. The van der Waals surface area contributed by atoms with Crippen molar-refractivity contribution in [2.45, 2.75) is 13.0 Å². The lowest BCUT2D eigenvalue weighted by molar-refractivity contribution is 0.102. The van der Waals surface area contributed by atoms with Crippen LogP contribution in [0.3, 0.4) is 0 Å². The van der Waals surface area contributed by atoms with Gasteiger partial charge in [-0.3, -0.25) is 9.59 Å². The number of anilines is 2. The number of pyridine rings is 1. The monoisotopic (exact) mass is 572 g/mol. The predicted octanol–water partition coefficient (Wildman–Crippen LogP) is 4.23. The Morgan fingerprint density at radius 3 is 2.59 bits per heavy atom. The molecule has 2 N–H and O–H groups in total. The van der Waals surface area contributed by atoms with Crippen molar-refractivity contribution in [3.05, 3.63) is 63.0 Å². The van der Waals surface area contributed by atoms with Crippen LogP contribution in [-0.4, -0.2) is 65.4 Å². The van der Waals surface area contributed by atoms with E-state index in [9.17, 15) is 9.59 Å². The Hall–Kier alpha value is -3.74.